The van der Waals surface area contributed by atoms with Gasteiger partial charge in [-0.2, -0.15) is 0 Å². The van der Waals surface area contributed by atoms with Crippen LogP contribution in [0.3, 0.4) is 0 Å². The van der Waals surface area contributed by atoms with Crippen LogP contribution in [-0.4, -0.2) is 168 Å². The van der Waals surface area contributed by atoms with Crippen molar-refractivity contribution in [1.82, 2.24) is 0 Å². The standard InChI is InChI=1S/C47H73NO17/c1-4-61-45(59)42-38(55)27-47(60)26-33(51)23-37(54)35(52)20-19-31(49)22-32(50)24-41(57)63-30(3)21-36(53)29(2)17-15-13-11-9-7-5-6-8-10-12-14-16-18-34(25-40(42)65-47)64-46-44(58)43(48)39(56)28-62-46/h5-18,29-40,42-44,46,49-56,58,60H,4,19-28,48H2,1-3H3/b6-5+,9-7+,10-8+,13-11+,14-12+,17-15+,18-16+/t29-,30-,31?,32?,33?,34?,35?,36-,37?,38-,39+,40-,42?,43-,44+,46-,47?/m0/s1. The average molecular weight is 924 g/mol. The molecule has 0 aliphatic carbocycles. The minimum Gasteiger partial charge on any atom is -0.466 e. The number of carbonyl (C=O) groups excluding carboxylic acids is 2. The van der Waals surface area contributed by atoms with Gasteiger partial charge in [-0.15, -0.1) is 0 Å². The third kappa shape index (κ3) is 20.1. The van der Waals surface area contributed by atoms with Crippen LogP contribution >= 0.6 is 0 Å². The maximum Gasteiger partial charge on any atom is 0.314 e. The van der Waals surface area contributed by atoms with Crippen LogP contribution in [0.15, 0.2) is 85.1 Å². The summed E-state index contributed by atoms with van der Waals surface area (Å²) >= 11 is 0. The molecule has 0 aromatic carbocycles. The fourth-order valence-corrected chi connectivity index (χ4v) is 7.71. The molecule has 18 nitrogen and oxygen atoms in total. The van der Waals surface area contributed by atoms with E-state index >= 15 is 0 Å². The highest BCUT2D eigenvalue weighted by Crippen LogP contribution is 2.38. The summed E-state index contributed by atoms with van der Waals surface area (Å²) in [6, 6.07) is -1.11. The lowest BCUT2D eigenvalue weighted by Crippen LogP contribution is -2.59. The molecule has 2 fully saturated rings. The normalized spacial score (nSPS) is 43.1. The van der Waals surface area contributed by atoms with E-state index in [2.05, 4.69) is 0 Å². The van der Waals surface area contributed by atoms with Crippen molar-refractivity contribution in [1.29, 1.82) is 0 Å². The summed E-state index contributed by atoms with van der Waals surface area (Å²) in [5.41, 5.74) is 5.97. The van der Waals surface area contributed by atoms with Gasteiger partial charge in [0.1, 0.15) is 18.1 Å². The molecule has 0 aromatic rings. The van der Waals surface area contributed by atoms with E-state index in [0.29, 0.717) is 0 Å². The highest BCUT2D eigenvalue weighted by atomic mass is 16.7. The molecular formula is C47H73NO17. The molecule has 2 saturated heterocycles. The Labute approximate surface area is 381 Å². The van der Waals surface area contributed by atoms with Crippen LogP contribution in [0, 0.1) is 11.8 Å². The fourth-order valence-electron chi connectivity index (χ4n) is 7.71. The summed E-state index contributed by atoms with van der Waals surface area (Å²) in [4.78, 5) is 25.7. The van der Waals surface area contributed by atoms with Gasteiger partial charge < -0.3 is 80.5 Å². The molecule has 2 bridgehead atoms. The molecule has 368 valence electrons. The lowest BCUT2D eigenvalue weighted by Gasteiger charge is -2.45. The molecule has 3 heterocycles. The van der Waals surface area contributed by atoms with Crippen LogP contribution in [0.4, 0.5) is 0 Å². The maximum absolute atomic E-state index is 13.2. The summed E-state index contributed by atoms with van der Waals surface area (Å²) in [6.07, 6.45) is 5.72. The Morgan fingerprint density at radius 2 is 1.31 bits per heavy atom. The molecule has 12 N–H and O–H groups in total. The Morgan fingerprint density at radius 1 is 0.708 bits per heavy atom. The van der Waals surface area contributed by atoms with Gasteiger partial charge in [0.25, 0.3) is 0 Å². The number of carbonyl (C=O) groups is 2. The van der Waals surface area contributed by atoms with Crippen LogP contribution in [-0.2, 0) is 33.3 Å². The zero-order valence-electron chi connectivity index (χ0n) is 37.5. The quantitative estimate of drug-likeness (QED) is 0.172. The molecule has 0 spiro atoms. The number of aliphatic hydroxyl groups excluding tert-OH is 9. The first-order chi connectivity index (χ1) is 30.8. The van der Waals surface area contributed by atoms with Gasteiger partial charge >= 0.3 is 11.9 Å². The molecule has 0 saturated carbocycles. The van der Waals surface area contributed by atoms with Crippen molar-refractivity contribution in [2.75, 3.05) is 13.2 Å². The van der Waals surface area contributed by atoms with Crippen molar-refractivity contribution in [2.45, 2.75) is 170 Å². The zero-order valence-corrected chi connectivity index (χ0v) is 37.5. The number of esters is 2. The van der Waals surface area contributed by atoms with Gasteiger partial charge in [0.15, 0.2) is 12.1 Å². The SMILES string of the molecule is CCOC(=O)C1[C@@H]2CC(O[C@@H]3OC[C@@H](O)[C@H](N)[C@H]3O)/C=C/C=C/C=C/C=C/C=C/C=C/C=C/[C@H](C)[C@@H](O)C[C@H](C)OC(=O)CC(O)CC(O)CCC(O)C(O)CC(O)CC(O)(C[C@@H]1O)O2. The molecule has 8 unspecified atom stereocenters. The average Bonchev–Trinajstić information content (AvgIpc) is 3.21. The van der Waals surface area contributed by atoms with Gasteiger partial charge in [-0.25, -0.2) is 0 Å². The van der Waals surface area contributed by atoms with Gasteiger partial charge in [0.05, 0.1) is 86.7 Å². The molecule has 0 aromatic heterocycles. The largest absolute Gasteiger partial charge is 0.466 e. The second-order valence-electron chi connectivity index (χ2n) is 17.1. The summed E-state index contributed by atoms with van der Waals surface area (Å²) < 4.78 is 28.3. The summed E-state index contributed by atoms with van der Waals surface area (Å²) in [5.74, 6) is -5.40. The van der Waals surface area contributed by atoms with E-state index < -0.39 is 135 Å². The predicted octanol–water partition coefficient (Wildman–Crippen LogP) is 0.556. The van der Waals surface area contributed by atoms with Crippen LogP contribution in [0.2, 0.25) is 0 Å². The Balaban J connectivity index is 1.87. The third-order valence-electron chi connectivity index (χ3n) is 11.3. The first kappa shape index (κ1) is 55.9. The second kappa shape index (κ2) is 28.7. The minimum absolute atomic E-state index is 0.0318. The van der Waals surface area contributed by atoms with Crippen molar-refractivity contribution >= 4 is 11.9 Å². The number of cyclic esters (lactones) is 1. The number of aliphatic hydroxyl groups is 10. The van der Waals surface area contributed by atoms with E-state index in [0.717, 1.165) is 0 Å². The van der Waals surface area contributed by atoms with E-state index in [4.69, 9.17) is 29.4 Å². The first-order valence-corrected chi connectivity index (χ1v) is 22.4. The Kier molecular flexibility index (Phi) is 24.7. The van der Waals surface area contributed by atoms with Gasteiger partial charge in [0.2, 0.25) is 0 Å². The predicted molar refractivity (Wildman–Crippen MR) is 237 cm³/mol. The number of fused-ring (bicyclic) bond motifs is 2. The van der Waals surface area contributed by atoms with Gasteiger partial charge in [0, 0.05) is 38.0 Å². The molecule has 17 atom stereocenters. The summed E-state index contributed by atoms with van der Waals surface area (Å²) in [7, 11) is 0. The lowest BCUT2D eigenvalue weighted by molar-refractivity contribution is -0.306. The molecule has 3 rings (SSSR count). The Bertz CT molecular complexity index is 1630. The van der Waals surface area contributed by atoms with E-state index in [9.17, 15) is 60.7 Å². The fraction of sp³-hybridized carbons (Fsp3) is 0.660. The molecule has 3 aliphatic heterocycles. The molecule has 0 radical (unpaired) electrons. The molecular weight excluding hydrogens is 851 g/mol. The highest BCUT2D eigenvalue weighted by Gasteiger charge is 2.51. The van der Waals surface area contributed by atoms with Crippen molar-refractivity contribution in [3.8, 4) is 0 Å². The van der Waals surface area contributed by atoms with Crippen molar-refractivity contribution in [3.05, 3.63) is 85.1 Å². The molecule has 65 heavy (non-hydrogen) atoms. The second-order valence-corrected chi connectivity index (χ2v) is 17.1. The number of allylic oxidation sites excluding steroid dienone is 12. The third-order valence-corrected chi connectivity index (χ3v) is 11.3. The zero-order chi connectivity index (χ0) is 48.1. The van der Waals surface area contributed by atoms with Crippen molar-refractivity contribution in [3.63, 3.8) is 0 Å². The molecule has 18 heteroatoms. The first-order valence-electron chi connectivity index (χ1n) is 22.4. The Morgan fingerprint density at radius 3 is 1.92 bits per heavy atom. The summed E-state index contributed by atoms with van der Waals surface area (Å²) in [6.45, 7) is 4.76. The van der Waals surface area contributed by atoms with Crippen LogP contribution in [0.1, 0.15) is 78.6 Å². The van der Waals surface area contributed by atoms with E-state index in [1.165, 1.54) is 0 Å². The topological polar surface area (TPSA) is 309 Å². The number of hydrogen-bond acceptors (Lipinski definition) is 18. The van der Waals surface area contributed by atoms with E-state index in [1.807, 2.05) is 37.3 Å². The lowest BCUT2D eigenvalue weighted by atomic mass is 9.82. The van der Waals surface area contributed by atoms with Crippen molar-refractivity contribution < 1.29 is 84.3 Å². The van der Waals surface area contributed by atoms with E-state index in [-0.39, 0.29) is 51.2 Å². The minimum atomic E-state index is -2.27. The molecule has 3 aliphatic rings. The number of rotatable bonds is 4. The van der Waals surface area contributed by atoms with Gasteiger partial charge in [-0.05, 0) is 33.1 Å². The molecule has 0 amide bonds. The highest BCUT2D eigenvalue weighted by molar-refractivity contribution is 5.74. The van der Waals surface area contributed by atoms with Gasteiger partial charge in [-0.3, -0.25) is 9.59 Å². The van der Waals surface area contributed by atoms with Gasteiger partial charge in [-0.1, -0.05) is 92.0 Å². The van der Waals surface area contributed by atoms with Crippen LogP contribution < -0.4 is 5.73 Å². The van der Waals surface area contributed by atoms with Crippen molar-refractivity contribution in [2.24, 2.45) is 17.6 Å². The Hall–Kier alpha value is -3.44. The number of nitrogens with two attached hydrogens (primary N) is 1. The van der Waals surface area contributed by atoms with E-state index in [1.54, 1.807) is 68.5 Å². The summed E-state index contributed by atoms with van der Waals surface area (Å²) in [5, 5.41) is 108. The van der Waals surface area contributed by atoms with Crippen LogP contribution in [0.25, 0.3) is 0 Å². The maximum atomic E-state index is 13.2. The monoisotopic (exact) mass is 923 g/mol. The van der Waals surface area contributed by atoms with Crippen LogP contribution in [0.5, 0.6) is 0 Å². The number of hydrogen-bond donors (Lipinski definition) is 11. The number of ether oxygens (including phenoxy) is 5. The smallest absolute Gasteiger partial charge is 0.314 e.